The summed E-state index contributed by atoms with van der Waals surface area (Å²) in [6, 6.07) is 3.71. The monoisotopic (exact) mass is 426 g/mol. The number of carboxylic acids is 1. The summed E-state index contributed by atoms with van der Waals surface area (Å²) in [4.78, 5) is 15.2. The summed E-state index contributed by atoms with van der Waals surface area (Å²) in [6.07, 6.45) is -4.85. The molecule has 0 saturated heterocycles. The molecule has 2 rings (SSSR count). The number of nitrogens with zero attached hydrogens (tertiary/aromatic N) is 1. The number of benzene rings is 1. The molecule has 0 fully saturated rings. The number of nitrogens with two attached hydrogens (primary N) is 2. The lowest BCUT2D eigenvalue weighted by atomic mass is 10.2. The van der Waals surface area contributed by atoms with Crippen LogP contribution in [0.15, 0.2) is 38.6 Å². The minimum atomic E-state index is -4.85. The highest BCUT2D eigenvalue weighted by atomic mass is 35.5. The number of thiazole rings is 1. The minimum Gasteiger partial charge on any atom is -0.476 e. The number of aliphatic carboxylic acids is 1. The van der Waals surface area contributed by atoms with Crippen molar-refractivity contribution in [3.8, 4) is 17.0 Å². The van der Waals surface area contributed by atoms with Gasteiger partial charge in [-0.05, 0) is 30.0 Å². The third-order valence-electron chi connectivity index (χ3n) is 2.74. The lowest BCUT2D eigenvalue weighted by molar-refractivity contribution is -0.274. The smallest absolute Gasteiger partial charge is 0.476 e. The van der Waals surface area contributed by atoms with Crippen molar-refractivity contribution < 1.29 is 27.8 Å². The third kappa shape index (κ3) is 5.17. The van der Waals surface area contributed by atoms with Crippen molar-refractivity contribution in [1.82, 2.24) is 10.4 Å². The molecule has 0 amide bonds. The topological polar surface area (TPSA) is 123 Å². The maximum absolute atomic E-state index is 12.3. The van der Waals surface area contributed by atoms with Gasteiger partial charge in [-0.3, -0.25) is 5.84 Å². The molecule has 0 spiro atoms. The quantitative estimate of drug-likeness (QED) is 0.240. The Morgan fingerprint density at radius 1 is 1.42 bits per heavy atom. The fraction of sp³-hybridized carbons (Fsp3) is 0.0769. The predicted octanol–water partition coefficient (Wildman–Crippen LogP) is 3.13. The van der Waals surface area contributed by atoms with E-state index in [0.717, 1.165) is 29.2 Å². The fourth-order valence-electron chi connectivity index (χ4n) is 1.69. The van der Waals surface area contributed by atoms with E-state index in [-0.39, 0.29) is 15.7 Å². The van der Waals surface area contributed by atoms with E-state index in [0.29, 0.717) is 15.6 Å². The van der Waals surface area contributed by atoms with E-state index in [1.54, 1.807) is 5.38 Å². The molecule has 0 bridgehead atoms. The maximum atomic E-state index is 12.3. The molecule has 140 valence electrons. The van der Waals surface area contributed by atoms with Gasteiger partial charge in [-0.2, -0.15) is 0 Å². The number of halogens is 4. The third-order valence-corrected chi connectivity index (χ3v) is 4.90. The number of hydrazine groups is 1. The molecule has 1 heterocycles. The first-order chi connectivity index (χ1) is 12.1. The molecule has 6 N–H and O–H groups in total. The van der Waals surface area contributed by atoms with Crippen molar-refractivity contribution in [1.29, 1.82) is 0 Å². The fourth-order valence-corrected chi connectivity index (χ4v) is 3.65. The lowest BCUT2D eigenvalue weighted by Crippen LogP contribution is -2.29. The second kappa shape index (κ2) is 8.03. The largest absolute Gasteiger partial charge is 0.573 e. The van der Waals surface area contributed by atoms with E-state index in [9.17, 15) is 18.0 Å². The van der Waals surface area contributed by atoms with E-state index in [4.69, 9.17) is 28.3 Å². The van der Waals surface area contributed by atoms with E-state index < -0.39 is 18.1 Å². The highest BCUT2D eigenvalue weighted by molar-refractivity contribution is 8.04. The molecule has 2 aromatic rings. The second-order valence-corrected chi connectivity index (χ2v) is 7.04. The summed E-state index contributed by atoms with van der Waals surface area (Å²) in [5.41, 5.74) is 8.12. The van der Waals surface area contributed by atoms with Gasteiger partial charge in [-0.15, -0.1) is 24.5 Å². The molecular weight excluding hydrogens is 417 g/mol. The van der Waals surface area contributed by atoms with Crippen molar-refractivity contribution >= 4 is 40.7 Å². The minimum absolute atomic E-state index is 0.104. The van der Waals surface area contributed by atoms with Crippen LogP contribution < -0.4 is 21.7 Å². The normalized spacial score (nSPS) is 12.5. The van der Waals surface area contributed by atoms with E-state index in [1.165, 1.54) is 12.1 Å². The average molecular weight is 427 g/mol. The Morgan fingerprint density at radius 3 is 2.65 bits per heavy atom. The number of carbonyl (C=O) groups is 1. The maximum Gasteiger partial charge on any atom is 0.573 e. The number of thioether (sulfide) groups is 1. The molecule has 26 heavy (non-hydrogen) atoms. The summed E-state index contributed by atoms with van der Waals surface area (Å²) >= 11 is 7.83. The number of nitrogens with one attached hydrogen (secondary N) is 1. The number of hydrogen-bond acceptors (Lipinski definition) is 8. The van der Waals surface area contributed by atoms with Gasteiger partial charge in [0, 0.05) is 10.9 Å². The summed E-state index contributed by atoms with van der Waals surface area (Å²) in [5, 5.41) is 10.2. The zero-order valence-corrected chi connectivity index (χ0v) is 14.9. The van der Waals surface area contributed by atoms with Crippen molar-refractivity contribution in [3.05, 3.63) is 39.3 Å². The van der Waals surface area contributed by atoms with Gasteiger partial charge in [-0.1, -0.05) is 11.6 Å². The van der Waals surface area contributed by atoms with Gasteiger partial charge in [0.25, 0.3) is 0 Å². The van der Waals surface area contributed by atoms with E-state index in [1.807, 2.05) is 5.43 Å². The number of alkyl halides is 3. The molecule has 1 aromatic carbocycles. The molecule has 0 atom stereocenters. The number of aromatic nitrogens is 1. The molecule has 0 aliphatic heterocycles. The van der Waals surface area contributed by atoms with Crippen LogP contribution in [-0.2, 0) is 4.79 Å². The molecular formula is C13H10ClF3N4O3S2. The van der Waals surface area contributed by atoms with E-state index >= 15 is 0 Å². The van der Waals surface area contributed by atoms with Crippen molar-refractivity contribution in [3.63, 3.8) is 0 Å². The Bertz CT molecular complexity index is 857. The molecule has 7 nitrogen and oxygen atoms in total. The first kappa shape index (κ1) is 20.2. The number of rotatable bonds is 6. The molecule has 0 aliphatic rings. The van der Waals surface area contributed by atoms with Crippen LogP contribution in [0, 0.1) is 0 Å². The first-order valence-electron chi connectivity index (χ1n) is 6.49. The van der Waals surface area contributed by atoms with Crippen LogP contribution in [0.5, 0.6) is 5.75 Å². The van der Waals surface area contributed by atoms with Crippen LogP contribution in [0.25, 0.3) is 11.3 Å². The van der Waals surface area contributed by atoms with Crippen LogP contribution >= 0.6 is 34.7 Å². The summed E-state index contributed by atoms with van der Waals surface area (Å²) < 4.78 is 41.0. The van der Waals surface area contributed by atoms with Gasteiger partial charge in [0.15, 0.2) is 10.0 Å². The Balaban J connectivity index is 2.22. The second-order valence-electron chi connectivity index (χ2n) is 4.48. The molecule has 0 aliphatic carbocycles. The predicted molar refractivity (Wildman–Crippen MR) is 91.3 cm³/mol. The number of ether oxygens (including phenoxy) is 1. The molecule has 0 saturated carbocycles. The molecule has 13 heteroatoms. The van der Waals surface area contributed by atoms with Crippen molar-refractivity contribution in [2.75, 3.05) is 0 Å². The van der Waals surface area contributed by atoms with Gasteiger partial charge in [0.05, 0.1) is 10.7 Å². The van der Waals surface area contributed by atoms with Gasteiger partial charge in [0.2, 0.25) is 0 Å². The number of carboxylic acid groups (broad SMARTS) is 1. The van der Waals surface area contributed by atoms with Crippen LogP contribution in [0.3, 0.4) is 0 Å². The Morgan fingerprint density at radius 2 is 2.12 bits per heavy atom. The van der Waals surface area contributed by atoms with Gasteiger partial charge >= 0.3 is 12.3 Å². The zero-order valence-electron chi connectivity index (χ0n) is 12.5. The van der Waals surface area contributed by atoms with Crippen LogP contribution in [-0.4, -0.2) is 22.4 Å². The lowest BCUT2D eigenvalue weighted by Gasteiger charge is -2.10. The molecule has 1 aromatic heterocycles. The van der Waals surface area contributed by atoms with Gasteiger partial charge in [0.1, 0.15) is 10.8 Å². The van der Waals surface area contributed by atoms with Crippen molar-refractivity contribution in [2.45, 2.75) is 10.7 Å². The molecule has 0 unspecified atom stereocenters. The van der Waals surface area contributed by atoms with E-state index in [2.05, 4.69) is 9.72 Å². The van der Waals surface area contributed by atoms with Crippen LogP contribution in [0.1, 0.15) is 0 Å². The average Bonchev–Trinajstić information content (AvgIpc) is 2.96. The standard InChI is InChI=1S/C13H10ClF3N4O3S2/c14-6-3-5(1-2-8(6)24-13(15,16)17)7-4-25-12(20-7)26-10(18)9(21-19)11(22)23/h1-4,21H,18-19H2,(H,22,23)/b10-9+. The summed E-state index contributed by atoms with van der Waals surface area (Å²) in [5.74, 6) is 3.23. The first-order valence-corrected chi connectivity index (χ1v) is 8.57. The Kier molecular flexibility index (Phi) is 6.23. The summed E-state index contributed by atoms with van der Waals surface area (Å²) in [6.45, 7) is 0. The number of hydrogen-bond donors (Lipinski definition) is 4. The van der Waals surface area contributed by atoms with Crippen LogP contribution in [0.2, 0.25) is 5.02 Å². The van der Waals surface area contributed by atoms with Gasteiger partial charge in [-0.25, -0.2) is 9.78 Å². The highest BCUT2D eigenvalue weighted by Gasteiger charge is 2.32. The Labute approximate surface area is 157 Å². The highest BCUT2D eigenvalue weighted by Crippen LogP contribution is 2.36. The van der Waals surface area contributed by atoms with Crippen LogP contribution in [0.4, 0.5) is 13.2 Å². The molecule has 0 radical (unpaired) electrons. The van der Waals surface area contributed by atoms with Crippen molar-refractivity contribution in [2.24, 2.45) is 11.6 Å². The SMILES string of the molecule is NN/C(C(=O)O)=C(\N)Sc1nc(-c2ccc(OC(F)(F)F)c(Cl)c2)cs1. The summed E-state index contributed by atoms with van der Waals surface area (Å²) in [7, 11) is 0. The van der Waals surface area contributed by atoms with Gasteiger partial charge < -0.3 is 21.0 Å². The Hall–Kier alpha value is -2.15. The zero-order chi connectivity index (χ0) is 19.5.